The van der Waals surface area contributed by atoms with E-state index in [1.54, 1.807) is 6.20 Å². The lowest BCUT2D eigenvalue weighted by Crippen LogP contribution is -2.29. The van der Waals surface area contributed by atoms with Crippen LogP contribution in [0.4, 0.5) is 0 Å². The third-order valence-corrected chi connectivity index (χ3v) is 4.92. The van der Waals surface area contributed by atoms with Gasteiger partial charge < -0.3 is 4.98 Å². The van der Waals surface area contributed by atoms with Gasteiger partial charge in [0, 0.05) is 18.6 Å². The molecule has 1 aromatic rings. The highest BCUT2D eigenvalue weighted by molar-refractivity contribution is 8.06. The molecule has 0 bridgehead atoms. The second-order valence-corrected chi connectivity index (χ2v) is 7.33. The van der Waals surface area contributed by atoms with E-state index in [0.29, 0.717) is 5.82 Å². The van der Waals surface area contributed by atoms with Crippen LogP contribution in [0.3, 0.4) is 0 Å². The number of H-pyrrole nitrogens is 1. The number of nitrogens with one attached hydrogen (secondary N) is 2. The molecule has 7 nitrogen and oxygen atoms in total. The minimum Gasteiger partial charge on any atom is -0.347 e. The van der Waals surface area contributed by atoms with Gasteiger partial charge in [0.05, 0.1) is 6.54 Å². The van der Waals surface area contributed by atoms with Crippen molar-refractivity contribution >= 4 is 19.9 Å². The van der Waals surface area contributed by atoms with Gasteiger partial charge in [-0.2, -0.15) is 0 Å². The number of imidazole rings is 1. The minimum absolute atomic E-state index is 0.0507. The molecule has 2 N–H and O–H groups in total. The van der Waals surface area contributed by atoms with Crippen LogP contribution in [0.2, 0.25) is 0 Å². The number of aromatic nitrogens is 2. The van der Waals surface area contributed by atoms with Crippen LogP contribution in [-0.2, 0) is 26.4 Å². The first-order chi connectivity index (χ1) is 6.79. The van der Waals surface area contributed by atoms with Gasteiger partial charge in [-0.15, -0.1) is 0 Å². The lowest BCUT2D eigenvalue weighted by atomic mass is 10.6. The molecule has 0 aromatic carbocycles. The molecule has 0 fully saturated rings. The van der Waals surface area contributed by atoms with Gasteiger partial charge in [0.2, 0.25) is 10.0 Å². The van der Waals surface area contributed by atoms with E-state index in [1.165, 1.54) is 6.20 Å². The first-order valence-electron chi connectivity index (χ1n) is 3.92. The first kappa shape index (κ1) is 12.1. The molecular weight excluding hydrogens is 242 g/mol. The molecule has 0 atom stereocenters. The van der Waals surface area contributed by atoms with Crippen molar-refractivity contribution in [1.29, 1.82) is 0 Å². The number of aromatic amines is 1. The molecular formula is C6H11N3O4S2. The zero-order valence-electron chi connectivity index (χ0n) is 7.97. The van der Waals surface area contributed by atoms with Crippen LogP contribution in [0.15, 0.2) is 12.4 Å². The molecule has 0 aliphatic carbocycles. The van der Waals surface area contributed by atoms with E-state index < -0.39 is 24.9 Å². The summed E-state index contributed by atoms with van der Waals surface area (Å²) in [4.78, 5) is 6.47. The number of sulfone groups is 1. The quantitative estimate of drug-likeness (QED) is 0.687. The van der Waals surface area contributed by atoms with E-state index in [0.717, 1.165) is 6.26 Å². The van der Waals surface area contributed by atoms with Crippen molar-refractivity contribution < 1.29 is 16.8 Å². The van der Waals surface area contributed by atoms with Crippen LogP contribution in [0.25, 0.3) is 0 Å². The third-order valence-electron chi connectivity index (χ3n) is 1.38. The SMILES string of the molecule is CS(=O)(=O)CS(=O)(=O)NCc1ncc[nH]1. The summed E-state index contributed by atoms with van der Waals surface area (Å²) in [5, 5.41) is -0.916. The monoisotopic (exact) mass is 253 g/mol. The van der Waals surface area contributed by atoms with Gasteiger partial charge in [0.1, 0.15) is 5.82 Å². The van der Waals surface area contributed by atoms with Gasteiger partial charge >= 0.3 is 0 Å². The molecule has 0 spiro atoms. The van der Waals surface area contributed by atoms with Crippen LogP contribution < -0.4 is 4.72 Å². The minimum atomic E-state index is -3.81. The Morgan fingerprint density at radius 2 is 2.07 bits per heavy atom. The van der Waals surface area contributed by atoms with Crippen LogP contribution >= 0.6 is 0 Å². The molecule has 0 saturated carbocycles. The largest absolute Gasteiger partial charge is 0.347 e. The molecule has 1 aromatic heterocycles. The highest BCUT2D eigenvalue weighted by Gasteiger charge is 2.17. The Bertz CT molecular complexity index is 503. The van der Waals surface area contributed by atoms with Crippen molar-refractivity contribution in [3.63, 3.8) is 0 Å². The normalized spacial score (nSPS) is 12.9. The Morgan fingerprint density at radius 3 is 2.53 bits per heavy atom. The highest BCUT2D eigenvalue weighted by atomic mass is 32.3. The van der Waals surface area contributed by atoms with Crippen molar-refractivity contribution in [2.45, 2.75) is 6.54 Å². The smallest absolute Gasteiger partial charge is 0.226 e. The Balaban J connectivity index is 2.59. The van der Waals surface area contributed by atoms with E-state index in [4.69, 9.17) is 0 Å². The molecule has 1 heterocycles. The molecule has 9 heteroatoms. The summed E-state index contributed by atoms with van der Waals surface area (Å²) in [6, 6.07) is 0. The summed E-state index contributed by atoms with van der Waals surface area (Å²) in [5.74, 6) is 0.423. The van der Waals surface area contributed by atoms with E-state index in [1.807, 2.05) is 0 Å². The highest BCUT2D eigenvalue weighted by Crippen LogP contribution is 1.94. The topological polar surface area (TPSA) is 109 Å². The number of nitrogens with zero attached hydrogens (tertiary/aromatic N) is 1. The molecule has 15 heavy (non-hydrogen) atoms. The van der Waals surface area contributed by atoms with Gasteiger partial charge in [-0.25, -0.2) is 26.5 Å². The van der Waals surface area contributed by atoms with Crippen molar-refractivity contribution in [3.8, 4) is 0 Å². The van der Waals surface area contributed by atoms with E-state index in [9.17, 15) is 16.8 Å². The summed E-state index contributed by atoms with van der Waals surface area (Å²) >= 11 is 0. The Kier molecular flexibility index (Phi) is 3.47. The lowest BCUT2D eigenvalue weighted by molar-refractivity contribution is 0.579. The van der Waals surface area contributed by atoms with Gasteiger partial charge in [0.15, 0.2) is 14.9 Å². The summed E-state index contributed by atoms with van der Waals surface area (Å²) in [7, 11) is -7.37. The Morgan fingerprint density at radius 1 is 1.40 bits per heavy atom. The van der Waals surface area contributed by atoms with E-state index in [2.05, 4.69) is 14.7 Å². The Labute approximate surface area is 87.9 Å². The maximum absolute atomic E-state index is 11.2. The fourth-order valence-electron chi connectivity index (χ4n) is 0.896. The maximum Gasteiger partial charge on any atom is 0.226 e. The molecule has 0 saturated heterocycles. The second-order valence-electron chi connectivity index (χ2n) is 3.02. The van der Waals surface area contributed by atoms with Crippen LogP contribution in [0, 0.1) is 0 Å². The number of hydrogen-bond acceptors (Lipinski definition) is 5. The molecule has 0 aliphatic rings. The molecule has 0 amide bonds. The van der Waals surface area contributed by atoms with Gasteiger partial charge in [0.25, 0.3) is 0 Å². The fraction of sp³-hybridized carbons (Fsp3) is 0.500. The predicted octanol–water partition coefficient (Wildman–Crippen LogP) is -1.17. The number of hydrogen-bond donors (Lipinski definition) is 2. The lowest BCUT2D eigenvalue weighted by Gasteiger charge is -2.03. The molecule has 0 unspecified atom stereocenters. The standard InChI is InChI=1S/C6H11N3O4S2/c1-14(10,11)5-15(12,13)9-4-6-7-2-3-8-6/h2-3,9H,4-5H2,1H3,(H,7,8). The van der Waals surface area contributed by atoms with Gasteiger partial charge in [-0.05, 0) is 0 Å². The second kappa shape index (κ2) is 4.29. The molecule has 1 rings (SSSR count). The fourth-order valence-corrected chi connectivity index (χ4v) is 3.84. The number of sulfonamides is 1. The zero-order valence-corrected chi connectivity index (χ0v) is 9.60. The van der Waals surface area contributed by atoms with Crippen LogP contribution in [0.1, 0.15) is 5.82 Å². The van der Waals surface area contributed by atoms with E-state index in [-0.39, 0.29) is 6.54 Å². The predicted molar refractivity (Wildman–Crippen MR) is 54.1 cm³/mol. The zero-order chi connectivity index (χ0) is 11.5. The summed E-state index contributed by atoms with van der Waals surface area (Å²) in [6.07, 6.45) is 3.87. The molecule has 86 valence electrons. The van der Waals surface area contributed by atoms with Gasteiger partial charge in [-0.3, -0.25) is 0 Å². The summed E-state index contributed by atoms with van der Waals surface area (Å²) in [5.41, 5.74) is 0. The Hall–Kier alpha value is -0.930. The van der Waals surface area contributed by atoms with Crippen LogP contribution in [-0.4, -0.2) is 38.1 Å². The average Bonchev–Trinajstić information content (AvgIpc) is 2.47. The van der Waals surface area contributed by atoms with Crippen molar-refractivity contribution in [2.75, 3.05) is 11.3 Å². The van der Waals surface area contributed by atoms with Gasteiger partial charge in [-0.1, -0.05) is 0 Å². The number of rotatable bonds is 5. The van der Waals surface area contributed by atoms with Crippen molar-refractivity contribution in [1.82, 2.24) is 14.7 Å². The molecule has 0 radical (unpaired) electrons. The first-order valence-corrected chi connectivity index (χ1v) is 7.63. The van der Waals surface area contributed by atoms with E-state index >= 15 is 0 Å². The van der Waals surface area contributed by atoms with Crippen molar-refractivity contribution in [2.24, 2.45) is 0 Å². The van der Waals surface area contributed by atoms with Crippen LogP contribution in [0.5, 0.6) is 0 Å². The third kappa shape index (κ3) is 4.91. The summed E-state index contributed by atoms with van der Waals surface area (Å²) < 4.78 is 46.1. The van der Waals surface area contributed by atoms with Crippen molar-refractivity contribution in [3.05, 3.63) is 18.2 Å². The summed E-state index contributed by atoms with van der Waals surface area (Å²) in [6.45, 7) is -0.0507. The average molecular weight is 253 g/mol. The molecule has 0 aliphatic heterocycles. The maximum atomic E-state index is 11.2.